The second kappa shape index (κ2) is 12.6. The zero-order chi connectivity index (χ0) is 32.9. The summed E-state index contributed by atoms with van der Waals surface area (Å²) in [7, 11) is -8.37. The third-order valence-electron chi connectivity index (χ3n) is 7.22. The fourth-order valence-electron chi connectivity index (χ4n) is 5.18. The molecule has 0 saturated carbocycles. The Morgan fingerprint density at radius 3 is 2.35 bits per heavy atom. The Labute approximate surface area is 256 Å². The summed E-state index contributed by atoms with van der Waals surface area (Å²) in [5.74, 6) is -0.287. The van der Waals surface area contributed by atoms with Crippen LogP contribution < -0.4 is 17.2 Å². The van der Waals surface area contributed by atoms with Gasteiger partial charge < -0.3 is 51.4 Å². The van der Waals surface area contributed by atoms with E-state index in [4.69, 9.17) is 40.5 Å². The highest BCUT2D eigenvalue weighted by molar-refractivity contribution is 7.47. The van der Waals surface area contributed by atoms with Gasteiger partial charge in [-0.3, -0.25) is 22.7 Å². The Morgan fingerprint density at radius 2 is 1.65 bits per heavy atom. The Bertz CT molecular complexity index is 1820. The number of halogens is 1. The molecule has 4 aromatic heterocycles. The smallest absolute Gasteiger partial charge is 0.394 e. The second-order valence-electron chi connectivity index (χ2n) is 10.1. The van der Waals surface area contributed by atoms with Crippen molar-refractivity contribution in [3.63, 3.8) is 0 Å². The third kappa shape index (κ3) is 6.02. The van der Waals surface area contributed by atoms with E-state index in [2.05, 4.69) is 29.9 Å². The summed E-state index contributed by atoms with van der Waals surface area (Å²) in [5.41, 5.74) is 17.7. The van der Waals surface area contributed by atoms with Crippen LogP contribution in [0.2, 0.25) is 0 Å². The first-order valence-electron chi connectivity index (χ1n) is 13.3. The zero-order valence-electron chi connectivity index (χ0n) is 23.3. The Balaban J connectivity index is 1.22. The van der Waals surface area contributed by atoms with E-state index >= 15 is 4.39 Å². The van der Waals surface area contributed by atoms with Crippen LogP contribution in [-0.4, -0.2) is 115 Å². The van der Waals surface area contributed by atoms with Crippen molar-refractivity contribution in [3.8, 4) is 0 Å². The van der Waals surface area contributed by atoms with E-state index in [1.807, 2.05) is 0 Å². The van der Waals surface area contributed by atoms with Crippen molar-refractivity contribution in [2.75, 3.05) is 36.8 Å². The molecule has 2 aliphatic heterocycles. The van der Waals surface area contributed by atoms with Crippen molar-refractivity contribution in [2.45, 2.75) is 49.1 Å². The zero-order valence-corrected chi connectivity index (χ0v) is 25.1. The van der Waals surface area contributed by atoms with E-state index in [1.54, 1.807) is 0 Å². The van der Waals surface area contributed by atoms with Crippen LogP contribution in [0.3, 0.4) is 0 Å². The number of aromatic nitrogens is 8. The number of hydrogen-bond acceptors (Lipinski definition) is 18. The van der Waals surface area contributed by atoms with Crippen LogP contribution in [0.5, 0.6) is 0 Å². The van der Waals surface area contributed by atoms with Crippen LogP contribution in [0, 0.1) is 0 Å². The molecule has 2 saturated heterocycles. The Morgan fingerprint density at radius 1 is 0.978 bits per heavy atom. The highest BCUT2D eigenvalue weighted by Gasteiger charge is 2.51. The minimum atomic E-state index is -5.14. The Kier molecular flexibility index (Phi) is 8.91. The number of anilines is 3. The minimum Gasteiger partial charge on any atom is -0.394 e. The van der Waals surface area contributed by atoms with Crippen LogP contribution >= 0.6 is 15.9 Å². The molecule has 10 N–H and O–H groups in total. The lowest BCUT2D eigenvalue weighted by atomic mass is 10.1. The molecule has 10 atom stereocenters. The van der Waals surface area contributed by atoms with Gasteiger partial charge in [-0.2, -0.15) is 9.97 Å². The monoisotopic (exact) mass is 691 g/mol. The van der Waals surface area contributed by atoms with Gasteiger partial charge in [0.25, 0.3) is 0 Å². The largest absolute Gasteiger partial charge is 0.472 e. The van der Waals surface area contributed by atoms with E-state index in [-0.39, 0.29) is 39.9 Å². The standard InChI is InChI=1S/C21H28FN11O11P2/c22-9-13(40-6-45(36)37)8(43-19(9)33-5-29-11-16(24)30-21(25)31-18(11)33)2-41-46(38,39)44-14-12(35)7(1-34)42-20(14)32-4-28-10-15(23)26-3-27-17(10)32/h3-5,7-9,12-14,19-20,34-35,45H,1-2,6H2,(H,36,37)(H,38,39)(H2,23,26,27)(H4,24,25,30,31)/t7-,8-,9?,12?,13?,14?,19-,20-/m1/s1. The van der Waals surface area contributed by atoms with Crippen molar-refractivity contribution < 1.29 is 56.8 Å². The van der Waals surface area contributed by atoms with E-state index in [1.165, 1.54) is 10.9 Å². The van der Waals surface area contributed by atoms with Crippen LogP contribution in [0.15, 0.2) is 19.0 Å². The molecular formula is C21H28FN11O11P2. The van der Waals surface area contributed by atoms with Gasteiger partial charge in [0.1, 0.15) is 54.2 Å². The average molecular weight is 691 g/mol. The van der Waals surface area contributed by atoms with Gasteiger partial charge in [0, 0.05) is 0 Å². The van der Waals surface area contributed by atoms with Crippen LogP contribution in [0.25, 0.3) is 22.3 Å². The predicted molar refractivity (Wildman–Crippen MR) is 151 cm³/mol. The highest BCUT2D eigenvalue weighted by atomic mass is 31.2. The number of nitrogens with zero attached hydrogens (tertiary/aromatic N) is 8. The summed E-state index contributed by atoms with van der Waals surface area (Å²) in [5, 5.41) is 20.5. The van der Waals surface area contributed by atoms with Crippen molar-refractivity contribution in [1.29, 1.82) is 0 Å². The lowest BCUT2D eigenvalue weighted by Gasteiger charge is -2.25. The molecule has 6 rings (SSSR count). The first-order chi connectivity index (χ1) is 21.9. The van der Waals surface area contributed by atoms with Crippen molar-refractivity contribution in [1.82, 2.24) is 39.0 Å². The maximum Gasteiger partial charge on any atom is 0.472 e. The average Bonchev–Trinajstić information content (AvgIpc) is 3.76. The van der Waals surface area contributed by atoms with Gasteiger partial charge in [0.15, 0.2) is 41.6 Å². The van der Waals surface area contributed by atoms with Gasteiger partial charge in [0.05, 0.1) is 25.9 Å². The molecule has 4 aromatic rings. The van der Waals surface area contributed by atoms with Crippen molar-refractivity contribution in [3.05, 3.63) is 19.0 Å². The summed E-state index contributed by atoms with van der Waals surface area (Å²) in [6.45, 7) is -1.53. The van der Waals surface area contributed by atoms with Crippen molar-refractivity contribution >= 4 is 55.8 Å². The number of nitrogens with two attached hydrogens (primary N) is 3. The van der Waals surface area contributed by atoms with E-state index in [0.717, 1.165) is 17.2 Å². The number of fused-ring (bicyclic) bond motifs is 2. The lowest BCUT2D eigenvalue weighted by Crippen LogP contribution is -2.36. The predicted octanol–water partition coefficient (Wildman–Crippen LogP) is -1.79. The summed E-state index contributed by atoms with van der Waals surface area (Å²) in [4.78, 5) is 43.9. The number of nitrogen functional groups attached to an aromatic ring is 3. The normalized spacial score (nSPS) is 30.3. The lowest BCUT2D eigenvalue weighted by molar-refractivity contribution is -0.0647. The van der Waals surface area contributed by atoms with Crippen LogP contribution in [-0.2, 0) is 32.4 Å². The van der Waals surface area contributed by atoms with Gasteiger partial charge in [-0.15, -0.1) is 0 Å². The fraction of sp³-hybridized carbons (Fsp3) is 0.524. The summed E-state index contributed by atoms with van der Waals surface area (Å²) in [6, 6.07) is 0. The number of rotatable bonds is 11. The van der Waals surface area contributed by atoms with Crippen molar-refractivity contribution in [2.24, 2.45) is 0 Å². The first kappa shape index (κ1) is 32.5. The molecule has 0 aromatic carbocycles. The van der Waals surface area contributed by atoms with E-state index in [0.29, 0.717) is 0 Å². The molecule has 0 bridgehead atoms. The number of aliphatic hydroxyl groups excluding tert-OH is 2. The molecule has 250 valence electrons. The summed E-state index contributed by atoms with van der Waals surface area (Å²) < 4.78 is 69.9. The highest BCUT2D eigenvalue weighted by Crippen LogP contribution is 2.50. The number of alkyl halides is 1. The van der Waals surface area contributed by atoms with Gasteiger partial charge in [-0.25, -0.2) is 28.9 Å². The Hall–Kier alpha value is -3.47. The SMILES string of the molecule is Nc1nc(N)c2ncn([C@@H]3O[C@H](COP(=O)(O)OC4C(O)[C@@H](CO)O[C@H]4n4cnc5c(N)ncnc54)C(OC[PH](=O)O)C3F)c2n1. The molecule has 0 radical (unpaired) electrons. The third-order valence-corrected chi connectivity index (χ3v) is 8.62. The van der Waals surface area contributed by atoms with Gasteiger partial charge in [-0.05, 0) is 0 Å². The molecule has 22 nitrogen and oxygen atoms in total. The molecule has 46 heavy (non-hydrogen) atoms. The maximum absolute atomic E-state index is 15.8. The second-order valence-corrected chi connectivity index (χ2v) is 12.6. The van der Waals surface area contributed by atoms with E-state index < -0.39 is 84.6 Å². The molecule has 0 amide bonds. The van der Waals surface area contributed by atoms with E-state index in [9.17, 15) is 29.1 Å². The first-order valence-corrected chi connectivity index (χ1v) is 16.4. The molecule has 0 spiro atoms. The number of phosphoric acid groups is 1. The van der Waals surface area contributed by atoms with Gasteiger partial charge in [-0.1, -0.05) is 0 Å². The summed E-state index contributed by atoms with van der Waals surface area (Å²) >= 11 is 0. The molecular weight excluding hydrogens is 663 g/mol. The molecule has 25 heteroatoms. The topological polar surface area (TPSA) is 326 Å². The maximum atomic E-state index is 15.8. The van der Waals surface area contributed by atoms with Gasteiger partial charge in [0.2, 0.25) is 14.0 Å². The van der Waals surface area contributed by atoms with Crippen LogP contribution in [0.1, 0.15) is 12.5 Å². The van der Waals surface area contributed by atoms with Crippen LogP contribution in [0.4, 0.5) is 22.0 Å². The minimum absolute atomic E-state index is 0.00335. The number of imidazole rings is 2. The number of aliphatic hydroxyl groups is 2. The molecule has 6 heterocycles. The molecule has 2 fully saturated rings. The molecule has 6 unspecified atom stereocenters. The fourth-order valence-corrected chi connectivity index (χ4v) is 6.44. The van der Waals surface area contributed by atoms with Gasteiger partial charge >= 0.3 is 7.82 Å². The number of hydrogen-bond donors (Lipinski definition) is 7. The molecule has 0 aliphatic carbocycles. The quantitative estimate of drug-likeness (QED) is 0.0854. The number of ether oxygens (including phenoxy) is 3. The summed E-state index contributed by atoms with van der Waals surface area (Å²) in [6.07, 6.45) is -9.75. The molecule has 2 aliphatic rings. The number of phosphoric ester groups is 1.